The predicted molar refractivity (Wildman–Crippen MR) is 123 cm³/mol. The number of carbonyl (C=O) groups excluding carboxylic acids is 2. The van der Waals surface area contributed by atoms with Crippen LogP contribution in [0.4, 0.5) is 0 Å². The maximum atomic E-state index is 13.2. The molecule has 30 heavy (non-hydrogen) atoms. The summed E-state index contributed by atoms with van der Waals surface area (Å²) in [6, 6.07) is 16.0. The monoisotopic (exact) mass is 408 g/mol. The third-order valence-corrected chi connectivity index (χ3v) is 5.49. The van der Waals surface area contributed by atoms with Crippen LogP contribution in [0.15, 0.2) is 48.5 Å². The molecule has 0 aliphatic carbocycles. The second-order valence-corrected chi connectivity index (χ2v) is 8.00. The fourth-order valence-corrected chi connectivity index (χ4v) is 3.46. The summed E-state index contributed by atoms with van der Waals surface area (Å²) in [7, 11) is 0. The lowest BCUT2D eigenvalue weighted by Crippen LogP contribution is -2.47. The lowest BCUT2D eigenvalue weighted by molar-refractivity contribution is -0.140. The smallest absolute Gasteiger partial charge is 0.242 e. The van der Waals surface area contributed by atoms with Crippen LogP contribution in [-0.4, -0.2) is 29.3 Å². The van der Waals surface area contributed by atoms with Crippen LogP contribution in [0.25, 0.3) is 0 Å². The molecule has 2 aromatic rings. The van der Waals surface area contributed by atoms with E-state index in [0.29, 0.717) is 25.9 Å². The summed E-state index contributed by atoms with van der Waals surface area (Å²) in [6.45, 7) is 9.18. The molecule has 0 radical (unpaired) electrons. The van der Waals surface area contributed by atoms with Gasteiger partial charge in [0.15, 0.2) is 0 Å². The van der Waals surface area contributed by atoms with Crippen molar-refractivity contribution in [2.45, 2.75) is 72.4 Å². The standard InChI is InChI=1S/C26H36N2O2/c1-5-7-17-27-26(30)21(4)28(19-24-10-8-9-20(3)18-24)25(29)16-15-23-13-11-22(6-2)12-14-23/h8-14,18,21H,5-7,15-17,19H2,1-4H3,(H,27,30). The molecule has 4 nitrogen and oxygen atoms in total. The van der Waals surface area contributed by atoms with Crippen LogP contribution < -0.4 is 5.32 Å². The molecule has 0 saturated carbocycles. The second kappa shape index (κ2) is 12.2. The first kappa shape index (κ1) is 23.7. The molecular formula is C26H36N2O2. The summed E-state index contributed by atoms with van der Waals surface area (Å²) in [6.07, 6.45) is 4.05. The Morgan fingerprint density at radius 3 is 2.33 bits per heavy atom. The molecule has 0 bridgehead atoms. The average molecular weight is 409 g/mol. The number of carbonyl (C=O) groups is 2. The Kier molecular flexibility index (Phi) is 9.59. The lowest BCUT2D eigenvalue weighted by atomic mass is 10.0. The minimum Gasteiger partial charge on any atom is -0.354 e. The maximum absolute atomic E-state index is 13.2. The highest BCUT2D eigenvalue weighted by atomic mass is 16.2. The van der Waals surface area contributed by atoms with E-state index in [1.807, 2.05) is 32.0 Å². The molecular weight excluding hydrogens is 372 g/mol. The largest absolute Gasteiger partial charge is 0.354 e. The van der Waals surface area contributed by atoms with Gasteiger partial charge in [0.2, 0.25) is 11.8 Å². The Hall–Kier alpha value is -2.62. The molecule has 2 rings (SSSR count). The fraction of sp³-hybridized carbons (Fsp3) is 0.462. The van der Waals surface area contributed by atoms with Crippen LogP contribution in [0, 0.1) is 6.92 Å². The van der Waals surface area contributed by atoms with E-state index in [2.05, 4.69) is 49.5 Å². The zero-order valence-electron chi connectivity index (χ0n) is 18.9. The van der Waals surface area contributed by atoms with Crippen molar-refractivity contribution in [3.05, 3.63) is 70.8 Å². The number of hydrogen-bond acceptors (Lipinski definition) is 2. The lowest BCUT2D eigenvalue weighted by Gasteiger charge is -2.29. The average Bonchev–Trinajstić information content (AvgIpc) is 2.75. The molecule has 4 heteroatoms. The molecule has 0 aromatic heterocycles. The molecule has 0 aliphatic rings. The summed E-state index contributed by atoms with van der Waals surface area (Å²) in [4.78, 5) is 27.5. The minimum absolute atomic E-state index is 0.00853. The topological polar surface area (TPSA) is 49.4 Å². The van der Waals surface area contributed by atoms with E-state index in [-0.39, 0.29) is 11.8 Å². The van der Waals surface area contributed by atoms with E-state index in [4.69, 9.17) is 0 Å². The Morgan fingerprint density at radius 1 is 1.00 bits per heavy atom. The third kappa shape index (κ3) is 7.33. The molecule has 0 aliphatic heterocycles. The van der Waals surface area contributed by atoms with Crippen LogP contribution in [-0.2, 0) is 29.0 Å². The summed E-state index contributed by atoms with van der Waals surface area (Å²) >= 11 is 0. The normalized spacial score (nSPS) is 11.7. The number of hydrogen-bond donors (Lipinski definition) is 1. The van der Waals surface area contributed by atoms with Crippen molar-refractivity contribution in [1.82, 2.24) is 10.2 Å². The van der Waals surface area contributed by atoms with Crippen molar-refractivity contribution in [3.8, 4) is 0 Å². The molecule has 1 N–H and O–H groups in total. The van der Waals surface area contributed by atoms with E-state index in [0.717, 1.165) is 36.0 Å². The van der Waals surface area contributed by atoms with Crippen LogP contribution >= 0.6 is 0 Å². The molecule has 2 aromatic carbocycles. The predicted octanol–water partition coefficient (Wildman–Crippen LogP) is 4.82. The first-order valence-corrected chi connectivity index (χ1v) is 11.1. The van der Waals surface area contributed by atoms with Gasteiger partial charge < -0.3 is 10.2 Å². The number of nitrogens with zero attached hydrogens (tertiary/aromatic N) is 1. The number of nitrogens with one attached hydrogen (secondary N) is 1. The molecule has 1 atom stereocenters. The highest BCUT2D eigenvalue weighted by molar-refractivity contribution is 5.87. The maximum Gasteiger partial charge on any atom is 0.242 e. The van der Waals surface area contributed by atoms with Gasteiger partial charge in [0.25, 0.3) is 0 Å². The van der Waals surface area contributed by atoms with E-state index in [9.17, 15) is 9.59 Å². The summed E-state index contributed by atoms with van der Waals surface area (Å²) in [5.74, 6) is -0.0778. The van der Waals surface area contributed by atoms with E-state index in [1.165, 1.54) is 5.56 Å². The SMILES string of the molecule is CCCCNC(=O)C(C)N(Cc1cccc(C)c1)C(=O)CCc1ccc(CC)cc1. The van der Waals surface area contributed by atoms with Crippen molar-refractivity contribution in [3.63, 3.8) is 0 Å². The van der Waals surface area contributed by atoms with E-state index in [1.54, 1.807) is 4.90 Å². The zero-order valence-corrected chi connectivity index (χ0v) is 18.9. The third-order valence-electron chi connectivity index (χ3n) is 5.49. The van der Waals surface area contributed by atoms with Crippen LogP contribution in [0.2, 0.25) is 0 Å². The number of benzene rings is 2. The van der Waals surface area contributed by atoms with Gasteiger partial charge in [-0.05, 0) is 49.8 Å². The number of unbranched alkanes of at least 4 members (excludes halogenated alkanes) is 1. The molecule has 0 fully saturated rings. The fourth-order valence-electron chi connectivity index (χ4n) is 3.46. The van der Waals surface area contributed by atoms with Crippen molar-refractivity contribution >= 4 is 11.8 Å². The van der Waals surface area contributed by atoms with Gasteiger partial charge in [-0.1, -0.05) is 74.4 Å². The van der Waals surface area contributed by atoms with E-state index < -0.39 is 6.04 Å². The van der Waals surface area contributed by atoms with E-state index >= 15 is 0 Å². The molecule has 0 spiro atoms. The van der Waals surface area contributed by atoms with Crippen LogP contribution in [0.1, 0.15) is 62.3 Å². The van der Waals surface area contributed by atoms with Gasteiger partial charge in [-0.25, -0.2) is 0 Å². The Balaban J connectivity index is 2.09. The van der Waals surface area contributed by atoms with Crippen molar-refractivity contribution in [2.24, 2.45) is 0 Å². The van der Waals surface area contributed by atoms with Gasteiger partial charge >= 0.3 is 0 Å². The molecule has 2 amide bonds. The van der Waals surface area contributed by atoms with Crippen molar-refractivity contribution in [1.29, 1.82) is 0 Å². The molecule has 0 heterocycles. The van der Waals surface area contributed by atoms with Crippen molar-refractivity contribution < 1.29 is 9.59 Å². The first-order valence-electron chi connectivity index (χ1n) is 11.1. The summed E-state index contributed by atoms with van der Waals surface area (Å²) < 4.78 is 0. The van der Waals surface area contributed by atoms with Gasteiger partial charge in [-0.15, -0.1) is 0 Å². The molecule has 1 unspecified atom stereocenters. The first-order chi connectivity index (χ1) is 14.4. The number of amides is 2. The second-order valence-electron chi connectivity index (χ2n) is 8.00. The van der Waals surface area contributed by atoms with Crippen molar-refractivity contribution in [2.75, 3.05) is 6.54 Å². The van der Waals surface area contributed by atoms with Crippen LogP contribution in [0.3, 0.4) is 0 Å². The Labute approximate surface area is 181 Å². The summed E-state index contributed by atoms with van der Waals surface area (Å²) in [5, 5.41) is 2.97. The summed E-state index contributed by atoms with van der Waals surface area (Å²) in [5.41, 5.74) is 4.64. The highest BCUT2D eigenvalue weighted by Gasteiger charge is 2.25. The zero-order chi connectivity index (χ0) is 21.9. The number of rotatable bonds is 11. The highest BCUT2D eigenvalue weighted by Crippen LogP contribution is 2.15. The number of aryl methyl sites for hydroxylation is 3. The van der Waals surface area contributed by atoms with Gasteiger partial charge in [0.05, 0.1) is 0 Å². The Bertz CT molecular complexity index is 814. The van der Waals surface area contributed by atoms with Gasteiger partial charge in [-0.3, -0.25) is 9.59 Å². The van der Waals surface area contributed by atoms with Gasteiger partial charge in [0.1, 0.15) is 6.04 Å². The van der Waals surface area contributed by atoms with Gasteiger partial charge in [-0.2, -0.15) is 0 Å². The van der Waals surface area contributed by atoms with Crippen LogP contribution in [0.5, 0.6) is 0 Å². The quantitative estimate of drug-likeness (QED) is 0.542. The minimum atomic E-state index is -0.502. The van der Waals surface area contributed by atoms with Gasteiger partial charge in [0, 0.05) is 19.5 Å². The molecule has 162 valence electrons. The Morgan fingerprint density at radius 2 is 1.70 bits per heavy atom. The molecule has 0 saturated heterocycles.